The van der Waals surface area contributed by atoms with Gasteiger partial charge in [-0.05, 0) is 6.42 Å². The lowest BCUT2D eigenvalue weighted by Gasteiger charge is -2.11. The lowest BCUT2D eigenvalue weighted by Crippen LogP contribution is -2.20. The van der Waals surface area contributed by atoms with Gasteiger partial charge < -0.3 is 5.11 Å². The summed E-state index contributed by atoms with van der Waals surface area (Å²) < 4.78 is 24.9. The molecule has 0 aromatic carbocycles. The molecule has 0 aliphatic rings. The van der Waals surface area contributed by atoms with Gasteiger partial charge in [0.15, 0.2) is 0 Å². The van der Waals surface area contributed by atoms with Crippen molar-refractivity contribution in [3.63, 3.8) is 0 Å². The first-order valence-electron chi connectivity index (χ1n) is 3.13. The summed E-state index contributed by atoms with van der Waals surface area (Å²) in [7, 11) is 0. The van der Waals surface area contributed by atoms with E-state index in [-0.39, 0.29) is 6.42 Å². The number of aliphatic carboxylic acids is 1. The molecule has 11 heavy (non-hydrogen) atoms. The van der Waals surface area contributed by atoms with Crippen molar-refractivity contribution in [3.8, 4) is 0 Å². The fourth-order valence-electron chi connectivity index (χ4n) is 0.635. The second-order valence-electron chi connectivity index (χ2n) is 2.22. The maximum absolute atomic E-state index is 12.5. The van der Waals surface area contributed by atoms with Crippen LogP contribution in [-0.4, -0.2) is 22.3 Å². The Bertz CT molecular complexity index is 139. The molecule has 66 valence electrons. The zero-order chi connectivity index (χ0) is 8.91. The predicted octanol–water partition coefficient (Wildman–Crippen LogP) is 2.27. The number of rotatable bonds is 5. The van der Waals surface area contributed by atoms with Gasteiger partial charge in [0.2, 0.25) is 0 Å². The summed E-state index contributed by atoms with van der Waals surface area (Å²) in [5, 5.41) is 8.53. The van der Waals surface area contributed by atoms with Crippen molar-refractivity contribution in [2.45, 2.75) is 25.2 Å². The Morgan fingerprint density at radius 2 is 2.09 bits per heavy atom. The Labute approximate surface area is 71.7 Å². The minimum Gasteiger partial charge on any atom is -0.481 e. The molecule has 0 aromatic heterocycles. The monoisotopic (exact) mass is 230 g/mol. The normalized spacial score (nSPS) is 11.5. The number of alkyl halides is 3. The van der Waals surface area contributed by atoms with Crippen LogP contribution in [0.15, 0.2) is 0 Å². The van der Waals surface area contributed by atoms with E-state index in [1.54, 1.807) is 0 Å². The molecule has 0 amide bonds. The molecule has 0 unspecified atom stereocenters. The van der Waals surface area contributed by atoms with Gasteiger partial charge in [0.05, 0.1) is 0 Å². The van der Waals surface area contributed by atoms with E-state index < -0.39 is 18.3 Å². The number of hydrogen-bond donors (Lipinski definition) is 1. The van der Waals surface area contributed by atoms with Gasteiger partial charge in [0, 0.05) is 11.8 Å². The first-order chi connectivity index (χ1) is 4.98. The van der Waals surface area contributed by atoms with Crippen LogP contribution in [0.1, 0.15) is 19.3 Å². The molecule has 0 fully saturated rings. The second-order valence-corrected chi connectivity index (χ2v) is 3.01. The fraction of sp³-hybridized carbons (Fsp3) is 0.833. The van der Waals surface area contributed by atoms with Crippen LogP contribution >= 0.6 is 15.9 Å². The van der Waals surface area contributed by atoms with Crippen LogP contribution in [0, 0.1) is 0 Å². The third kappa shape index (κ3) is 6.22. The van der Waals surface area contributed by atoms with Crippen molar-refractivity contribution in [2.75, 3.05) is 5.33 Å². The summed E-state index contributed by atoms with van der Waals surface area (Å²) in [4.78, 5) is 9.89. The third-order valence-electron chi connectivity index (χ3n) is 1.09. The van der Waals surface area contributed by atoms with Crippen molar-refractivity contribution in [1.29, 1.82) is 0 Å². The highest BCUT2D eigenvalue weighted by molar-refractivity contribution is 9.09. The molecule has 0 aliphatic carbocycles. The molecule has 1 N–H and O–H groups in total. The van der Waals surface area contributed by atoms with Crippen LogP contribution in [0.3, 0.4) is 0 Å². The van der Waals surface area contributed by atoms with E-state index in [1.807, 2.05) is 0 Å². The molecule has 0 rings (SSSR count). The van der Waals surface area contributed by atoms with Gasteiger partial charge >= 0.3 is 5.97 Å². The van der Waals surface area contributed by atoms with Gasteiger partial charge in [0.1, 0.15) is 6.42 Å². The van der Waals surface area contributed by atoms with E-state index in [4.69, 9.17) is 5.11 Å². The molecular formula is C6H9BrF2O2. The first kappa shape index (κ1) is 10.8. The standard InChI is InChI=1S/C6H9BrF2O2/c7-3-1-2-6(8,9)4-5(10)11/h1-4H2,(H,10,11). The van der Waals surface area contributed by atoms with Crippen LogP contribution in [0.25, 0.3) is 0 Å². The molecule has 0 saturated heterocycles. The van der Waals surface area contributed by atoms with Gasteiger partial charge in [-0.25, -0.2) is 8.78 Å². The summed E-state index contributed by atoms with van der Waals surface area (Å²) in [5.41, 5.74) is 0. The summed E-state index contributed by atoms with van der Waals surface area (Å²) in [6.07, 6.45) is -1.15. The van der Waals surface area contributed by atoms with E-state index in [9.17, 15) is 13.6 Å². The lowest BCUT2D eigenvalue weighted by molar-refractivity contribution is -0.145. The minimum absolute atomic E-state index is 0.292. The summed E-state index contributed by atoms with van der Waals surface area (Å²) in [5.74, 6) is -4.51. The van der Waals surface area contributed by atoms with Crippen molar-refractivity contribution in [1.82, 2.24) is 0 Å². The van der Waals surface area contributed by atoms with Crippen LogP contribution in [-0.2, 0) is 4.79 Å². The highest BCUT2D eigenvalue weighted by atomic mass is 79.9. The Morgan fingerprint density at radius 3 is 2.45 bits per heavy atom. The van der Waals surface area contributed by atoms with Gasteiger partial charge in [-0.3, -0.25) is 4.79 Å². The van der Waals surface area contributed by atoms with Crippen LogP contribution < -0.4 is 0 Å². The quantitative estimate of drug-likeness (QED) is 0.737. The zero-order valence-corrected chi connectivity index (χ0v) is 7.40. The zero-order valence-electron chi connectivity index (χ0n) is 5.82. The summed E-state index contributed by atoms with van der Waals surface area (Å²) in [6, 6.07) is 0. The molecule has 0 aliphatic heterocycles. The van der Waals surface area contributed by atoms with Crippen molar-refractivity contribution in [2.24, 2.45) is 0 Å². The minimum atomic E-state index is -3.06. The molecule has 0 heterocycles. The second kappa shape index (κ2) is 4.64. The molecule has 0 saturated carbocycles. The van der Waals surface area contributed by atoms with E-state index in [2.05, 4.69) is 15.9 Å². The van der Waals surface area contributed by atoms with Gasteiger partial charge in [-0.2, -0.15) is 0 Å². The van der Waals surface area contributed by atoms with E-state index in [1.165, 1.54) is 0 Å². The number of carboxylic acid groups (broad SMARTS) is 1. The molecule has 0 bridgehead atoms. The first-order valence-corrected chi connectivity index (χ1v) is 4.26. The van der Waals surface area contributed by atoms with Gasteiger partial charge in [0.25, 0.3) is 5.92 Å². The highest BCUT2D eigenvalue weighted by Crippen LogP contribution is 2.24. The highest BCUT2D eigenvalue weighted by Gasteiger charge is 2.31. The van der Waals surface area contributed by atoms with Crippen LogP contribution in [0.4, 0.5) is 8.78 Å². The predicted molar refractivity (Wildman–Crippen MR) is 40.2 cm³/mol. The number of carbonyl (C=O) groups is 1. The Balaban J connectivity index is 3.70. The molecule has 0 aromatic rings. The van der Waals surface area contributed by atoms with E-state index >= 15 is 0 Å². The number of carboxylic acids is 1. The van der Waals surface area contributed by atoms with E-state index in [0.717, 1.165) is 0 Å². The molecule has 0 radical (unpaired) electrons. The number of hydrogen-bond acceptors (Lipinski definition) is 1. The Morgan fingerprint density at radius 1 is 1.55 bits per heavy atom. The topological polar surface area (TPSA) is 37.3 Å². The van der Waals surface area contributed by atoms with Crippen LogP contribution in [0.5, 0.6) is 0 Å². The smallest absolute Gasteiger partial charge is 0.309 e. The maximum atomic E-state index is 12.5. The average Bonchev–Trinajstić information content (AvgIpc) is 1.81. The third-order valence-corrected chi connectivity index (χ3v) is 1.65. The lowest BCUT2D eigenvalue weighted by atomic mass is 10.1. The Kier molecular flexibility index (Phi) is 4.56. The number of halogens is 3. The largest absolute Gasteiger partial charge is 0.481 e. The SMILES string of the molecule is O=C(O)CC(F)(F)CCCBr. The van der Waals surface area contributed by atoms with Crippen molar-refractivity contribution >= 4 is 21.9 Å². The van der Waals surface area contributed by atoms with Gasteiger partial charge in [-0.15, -0.1) is 0 Å². The fourth-order valence-corrected chi connectivity index (χ4v) is 0.915. The maximum Gasteiger partial charge on any atom is 0.309 e. The average molecular weight is 231 g/mol. The van der Waals surface area contributed by atoms with Crippen molar-refractivity contribution in [3.05, 3.63) is 0 Å². The van der Waals surface area contributed by atoms with Gasteiger partial charge in [-0.1, -0.05) is 15.9 Å². The summed E-state index contributed by atoms with van der Waals surface area (Å²) >= 11 is 2.99. The van der Waals surface area contributed by atoms with Crippen molar-refractivity contribution < 1.29 is 18.7 Å². The van der Waals surface area contributed by atoms with Crippen LogP contribution in [0.2, 0.25) is 0 Å². The Hall–Kier alpha value is -0.190. The molecule has 2 nitrogen and oxygen atoms in total. The van der Waals surface area contributed by atoms with E-state index in [0.29, 0.717) is 11.8 Å². The molecule has 5 heteroatoms. The summed E-state index contributed by atoms with van der Waals surface area (Å²) in [6.45, 7) is 0. The molecular weight excluding hydrogens is 222 g/mol. The molecule has 0 atom stereocenters. The molecule has 0 spiro atoms.